The number of carbonyl (C=O) groups excluding carboxylic acids is 2. The quantitative estimate of drug-likeness (QED) is 0.393. The molecule has 0 atom stereocenters. The first-order valence-electron chi connectivity index (χ1n) is 4.81. The van der Waals surface area contributed by atoms with Crippen molar-refractivity contribution >= 4 is 12.3 Å². The third kappa shape index (κ3) is 3.94. The minimum atomic E-state index is -0.251. The van der Waals surface area contributed by atoms with Crippen molar-refractivity contribution in [2.24, 2.45) is 0 Å². The van der Waals surface area contributed by atoms with Gasteiger partial charge in [0.25, 0.3) is 5.91 Å². The molecular weight excluding hydrogens is 190 g/mol. The number of likely N-dealkylation sites (N-methyl/N-ethyl adjacent to an activating group) is 1. The molecule has 15 heavy (non-hydrogen) atoms. The molecule has 0 N–H and O–H groups in total. The van der Waals surface area contributed by atoms with Crippen molar-refractivity contribution < 1.29 is 9.59 Å². The van der Waals surface area contributed by atoms with Crippen molar-refractivity contribution in [1.82, 2.24) is 4.90 Å². The maximum atomic E-state index is 11.7. The third-order valence-electron chi connectivity index (χ3n) is 2.12. The van der Waals surface area contributed by atoms with Crippen molar-refractivity contribution in [2.45, 2.75) is 20.8 Å². The van der Waals surface area contributed by atoms with Crippen LogP contribution in [0.3, 0.4) is 0 Å². The number of hydrogen-bond donors (Lipinski definition) is 0. The second-order valence-electron chi connectivity index (χ2n) is 3.10. The summed E-state index contributed by atoms with van der Waals surface area (Å²) in [6.07, 6.45) is 5.73. The van der Waals surface area contributed by atoms with Gasteiger partial charge in [0.05, 0.1) is 0 Å². The molecule has 0 spiro atoms. The molecule has 0 saturated carbocycles. The van der Waals surface area contributed by atoms with Gasteiger partial charge in [0.15, 0.2) is 0 Å². The fourth-order valence-corrected chi connectivity index (χ4v) is 0.987. The van der Waals surface area contributed by atoms with Crippen LogP contribution in [0.5, 0.6) is 0 Å². The Morgan fingerprint density at radius 2 is 2.00 bits per heavy atom. The number of imide groups is 1. The molecule has 0 aliphatic carbocycles. The van der Waals surface area contributed by atoms with Crippen LogP contribution in [0.25, 0.3) is 0 Å². The second kappa shape index (κ2) is 6.76. The van der Waals surface area contributed by atoms with E-state index >= 15 is 0 Å². The first-order chi connectivity index (χ1) is 7.08. The number of hydrogen-bond acceptors (Lipinski definition) is 2. The Morgan fingerprint density at radius 3 is 2.40 bits per heavy atom. The van der Waals surface area contributed by atoms with Crippen LogP contribution < -0.4 is 0 Å². The summed E-state index contributed by atoms with van der Waals surface area (Å²) in [5, 5.41) is 0. The summed E-state index contributed by atoms with van der Waals surface area (Å²) >= 11 is 0. The van der Waals surface area contributed by atoms with Crippen molar-refractivity contribution in [3.63, 3.8) is 0 Å². The first kappa shape index (κ1) is 13.4. The predicted molar refractivity (Wildman–Crippen MR) is 61.2 cm³/mol. The topological polar surface area (TPSA) is 37.4 Å². The van der Waals surface area contributed by atoms with Gasteiger partial charge in [-0.1, -0.05) is 24.8 Å². The molecule has 0 fully saturated rings. The van der Waals surface area contributed by atoms with E-state index in [1.165, 1.54) is 0 Å². The smallest absolute Gasteiger partial charge is 0.256 e. The maximum Gasteiger partial charge on any atom is 0.256 e. The van der Waals surface area contributed by atoms with Crippen LogP contribution in [-0.2, 0) is 9.59 Å². The molecule has 0 bridgehead atoms. The van der Waals surface area contributed by atoms with Crippen LogP contribution in [-0.4, -0.2) is 23.8 Å². The van der Waals surface area contributed by atoms with Gasteiger partial charge in [-0.2, -0.15) is 0 Å². The van der Waals surface area contributed by atoms with Gasteiger partial charge in [-0.05, 0) is 26.3 Å². The lowest BCUT2D eigenvalue weighted by Crippen LogP contribution is -2.30. The Labute approximate surface area is 90.8 Å². The highest BCUT2D eigenvalue weighted by molar-refractivity contribution is 5.99. The number of amides is 2. The summed E-state index contributed by atoms with van der Waals surface area (Å²) in [5.74, 6) is -0.251. The van der Waals surface area contributed by atoms with Crippen molar-refractivity contribution in [3.05, 3.63) is 36.0 Å². The summed E-state index contributed by atoms with van der Waals surface area (Å²) in [5.41, 5.74) is 1.40. The maximum absolute atomic E-state index is 11.7. The number of allylic oxidation sites excluding steroid dienone is 4. The molecule has 2 amide bonds. The molecule has 0 aliphatic heterocycles. The normalized spacial score (nSPS) is 12.2. The van der Waals surface area contributed by atoms with Gasteiger partial charge in [-0.15, -0.1) is 0 Å². The van der Waals surface area contributed by atoms with E-state index in [2.05, 4.69) is 6.58 Å². The van der Waals surface area contributed by atoms with Crippen molar-refractivity contribution in [1.29, 1.82) is 0 Å². The van der Waals surface area contributed by atoms with Gasteiger partial charge in [-0.25, -0.2) is 0 Å². The molecule has 0 unspecified atom stereocenters. The van der Waals surface area contributed by atoms with Crippen LogP contribution in [0.1, 0.15) is 20.8 Å². The van der Waals surface area contributed by atoms with E-state index in [4.69, 9.17) is 0 Å². The molecule has 0 heterocycles. The lowest BCUT2D eigenvalue weighted by molar-refractivity contribution is -0.134. The summed E-state index contributed by atoms with van der Waals surface area (Å²) in [6.45, 7) is 9.22. The van der Waals surface area contributed by atoms with Gasteiger partial charge in [0, 0.05) is 12.1 Å². The molecule has 0 aliphatic rings. The molecular formula is C12H17NO2. The summed E-state index contributed by atoms with van der Waals surface area (Å²) < 4.78 is 0. The average Bonchev–Trinajstić information content (AvgIpc) is 2.26. The fourth-order valence-electron chi connectivity index (χ4n) is 0.987. The van der Waals surface area contributed by atoms with Crippen LogP contribution >= 0.6 is 0 Å². The summed E-state index contributed by atoms with van der Waals surface area (Å²) in [6, 6.07) is 0. The van der Waals surface area contributed by atoms with E-state index in [9.17, 15) is 9.59 Å². The van der Waals surface area contributed by atoms with Crippen LogP contribution in [0.4, 0.5) is 0 Å². The fraction of sp³-hybridized carbons (Fsp3) is 0.333. The number of rotatable bonds is 5. The minimum Gasteiger partial charge on any atom is -0.282 e. The van der Waals surface area contributed by atoms with E-state index in [-0.39, 0.29) is 5.91 Å². The van der Waals surface area contributed by atoms with Gasteiger partial charge in [0.1, 0.15) is 0 Å². The zero-order valence-electron chi connectivity index (χ0n) is 9.49. The molecule has 0 radical (unpaired) electrons. The molecule has 3 nitrogen and oxygen atoms in total. The highest BCUT2D eigenvalue weighted by Gasteiger charge is 2.13. The predicted octanol–water partition coefficient (Wildman–Crippen LogP) is 2.07. The SMILES string of the molecule is C=C/C=C\C(C)=C(/C)C(=O)N(C=O)CC. The Kier molecular flexibility index (Phi) is 6.02. The van der Waals surface area contributed by atoms with Gasteiger partial charge in [-0.3, -0.25) is 14.5 Å². The summed E-state index contributed by atoms with van der Waals surface area (Å²) in [7, 11) is 0. The first-order valence-corrected chi connectivity index (χ1v) is 4.81. The Hall–Kier alpha value is -1.64. The van der Waals surface area contributed by atoms with Crippen molar-refractivity contribution in [2.75, 3.05) is 6.54 Å². The Bertz CT molecular complexity index is 314. The number of nitrogens with zero attached hydrogens (tertiary/aromatic N) is 1. The highest BCUT2D eigenvalue weighted by Crippen LogP contribution is 2.08. The molecule has 0 aromatic rings. The van der Waals surface area contributed by atoms with Crippen molar-refractivity contribution in [3.8, 4) is 0 Å². The molecule has 3 heteroatoms. The van der Waals surface area contributed by atoms with Gasteiger partial charge < -0.3 is 0 Å². The summed E-state index contributed by atoms with van der Waals surface area (Å²) in [4.78, 5) is 23.4. The third-order valence-corrected chi connectivity index (χ3v) is 2.12. The van der Waals surface area contributed by atoms with Gasteiger partial charge in [0.2, 0.25) is 6.41 Å². The van der Waals surface area contributed by atoms with Crippen LogP contribution in [0, 0.1) is 0 Å². The Balaban J connectivity index is 4.88. The van der Waals surface area contributed by atoms with E-state index in [1.807, 2.05) is 6.92 Å². The largest absolute Gasteiger partial charge is 0.282 e. The molecule has 0 aromatic carbocycles. The number of carbonyl (C=O) groups is 2. The van der Waals surface area contributed by atoms with E-state index in [1.54, 1.807) is 32.1 Å². The second-order valence-corrected chi connectivity index (χ2v) is 3.10. The van der Waals surface area contributed by atoms with E-state index in [0.717, 1.165) is 10.5 Å². The monoisotopic (exact) mass is 207 g/mol. The molecule has 82 valence electrons. The zero-order valence-corrected chi connectivity index (χ0v) is 9.49. The lowest BCUT2D eigenvalue weighted by Gasteiger charge is -2.13. The molecule has 0 aromatic heterocycles. The highest BCUT2D eigenvalue weighted by atomic mass is 16.2. The van der Waals surface area contributed by atoms with E-state index < -0.39 is 0 Å². The van der Waals surface area contributed by atoms with Crippen LogP contribution in [0.15, 0.2) is 36.0 Å². The molecule has 0 saturated heterocycles. The standard InChI is InChI=1S/C12H17NO2/c1-5-7-8-10(3)11(4)12(15)13(6-2)9-14/h5,7-9H,1,6H2,2-4H3/b8-7-,11-10+. The lowest BCUT2D eigenvalue weighted by atomic mass is 10.1. The average molecular weight is 207 g/mol. The van der Waals surface area contributed by atoms with Crippen LogP contribution in [0.2, 0.25) is 0 Å². The molecule has 0 rings (SSSR count). The van der Waals surface area contributed by atoms with E-state index in [0.29, 0.717) is 18.5 Å². The van der Waals surface area contributed by atoms with Gasteiger partial charge >= 0.3 is 0 Å². The Morgan fingerprint density at radius 1 is 1.40 bits per heavy atom. The zero-order chi connectivity index (χ0) is 11.8. The minimum absolute atomic E-state index is 0.251.